The molecule has 0 unspecified atom stereocenters. The van der Waals surface area contributed by atoms with Gasteiger partial charge in [-0.2, -0.15) is 0 Å². The van der Waals surface area contributed by atoms with Crippen LogP contribution in [0.5, 0.6) is 5.75 Å². The molecule has 39 heavy (non-hydrogen) atoms. The molecule has 1 aliphatic rings. The van der Waals surface area contributed by atoms with E-state index in [4.69, 9.17) is 9.47 Å². The highest BCUT2D eigenvalue weighted by atomic mass is 16.5. The lowest BCUT2D eigenvalue weighted by Gasteiger charge is -2.35. The van der Waals surface area contributed by atoms with Gasteiger partial charge in [0, 0.05) is 31.6 Å². The van der Waals surface area contributed by atoms with E-state index in [1.54, 1.807) is 20.3 Å². The highest BCUT2D eigenvalue weighted by molar-refractivity contribution is 5.89. The highest BCUT2D eigenvalue weighted by Crippen LogP contribution is 2.41. The lowest BCUT2D eigenvalue weighted by atomic mass is 9.85. The van der Waals surface area contributed by atoms with Gasteiger partial charge in [-0.15, -0.1) is 6.58 Å². The SMILES string of the molecule is C=CCCCCCC(=O)N[C@H](C(=O)N1C[C@](OC)(c2ccc3cc(OC)c(C=C)cc3c2)C[C@H]1C)C(C)(C)C. The average Bonchev–Trinajstić information content (AvgIpc) is 3.27. The largest absolute Gasteiger partial charge is 0.496 e. The summed E-state index contributed by atoms with van der Waals surface area (Å²) < 4.78 is 11.7. The predicted molar refractivity (Wildman–Crippen MR) is 160 cm³/mol. The summed E-state index contributed by atoms with van der Waals surface area (Å²) in [5, 5.41) is 5.19. The number of unbranched alkanes of at least 4 members (excludes halogenated alkanes) is 3. The van der Waals surface area contributed by atoms with Gasteiger partial charge in [0.25, 0.3) is 0 Å². The summed E-state index contributed by atoms with van der Waals surface area (Å²) >= 11 is 0. The van der Waals surface area contributed by atoms with E-state index in [0.717, 1.165) is 53.3 Å². The Morgan fingerprint density at radius 3 is 2.49 bits per heavy atom. The lowest BCUT2D eigenvalue weighted by molar-refractivity contribution is -0.141. The fraction of sp³-hybridized carbons (Fsp3) is 0.515. The third kappa shape index (κ3) is 6.91. The Balaban J connectivity index is 1.83. The molecule has 6 heteroatoms. The monoisotopic (exact) mass is 534 g/mol. The Morgan fingerprint density at radius 1 is 1.13 bits per heavy atom. The Kier molecular flexibility index (Phi) is 10.0. The van der Waals surface area contributed by atoms with E-state index in [0.29, 0.717) is 19.4 Å². The van der Waals surface area contributed by atoms with Gasteiger partial charge in [0.2, 0.25) is 11.8 Å². The molecule has 212 valence electrons. The molecule has 1 saturated heterocycles. The van der Waals surface area contributed by atoms with Gasteiger partial charge in [-0.1, -0.05) is 58.1 Å². The van der Waals surface area contributed by atoms with Crippen molar-refractivity contribution in [3.05, 3.63) is 60.7 Å². The average molecular weight is 535 g/mol. The fourth-order valence-electron chi connectivity index (χ4n) is 5.57. The number of likely N-dealkylation sites (tertiary alicyclic amines) is 1. The van der Waals surface area contributed by atoms with Crippen molar-refractivity contribution in [3.63, 3.8) is 0 Å². The molecule has 3 atom stereocenters. The van der Waals surface area contributed by atoms with Gasteiger partial charge in [-0.05, 0) is 66.1 Å². The number of fused-ring (bicyclic) bond motifs is 1. The van der Waals surface area contributed by atoms with Gasteiger partial charge < -0.3 is 19.7 Å². The summed E-state index contributed by atoms with van der Waals surface area (Å²) in [6, 6.07) is 9.71. The first kappa shape index (κ1) is 30.4. The van der Waals surface area contributed by atoms with Gasteiger partial charge in [0.15, 0.2) is 0 Å². The molecule has 2 amide bonds. The molecule has 2 aromatic carbocycles. The lowest BCUT2D eigenvalue weighted by Crippen LogP contribution is -2.55. The number of benzene rings is 2. The predicted octanol–water partition coefficient (Wildman–Crippen LogP) is 6.62. The summed E-state index contributed by atoms with van der Waals surface area (Å²) in [6.07, 6.45) is 8.54. The van der Waals surface area contributed by atoms with Crippen molar-refractivity contribution < 1.29 is 19.1 Å². The molecular formula is C33H46N2O4. The zero-order chi connectivity index (χ0) is 28.8. The molecule has 1 fully saturated rings. The van der Waals surface area contributed by atoms with Gasteiger partial charge in [-0.3, -0.25) is 9.59 Å². The Hall–Kier alpha value is -3.12. The molecular weight excluding hydrogens is 488 g/mol. The quantitative estimate of drug-likeness (QED) is 0.245. The summed E-state index contributed by atoms with van der Waals surface area (Å²) in [4.78, 5) is 28.7. The van der Waals surface area contributed by atoms with Crippen molar-refractivity contribution in [2.45, 2.75) is 83.9 Å². The van der Waals surface area contributed by atoms with E-state index in [1.807, 2.05) is 37.8 Å². The van der Waals surface area contributed by atoms with Crippen LogP contribution in [-0.4, -0.2) is 49.6 Å². The van der Waals surface area contributed by atoms with Crippen molar-refractivity contribution >= 4 is 28.7 Å². The molecule has 0 spiro atoms. The fourth-order valence-corrected chi connectivity index (χ4v) is 5.57. The summed E-state index contributed by atoms with van der Waals surface area (Å²) in [5.41, 5.74) is 0.872. The molecule has 0 saturated carbocycles. The van der Waals surface area contributed by atoms with Crippen LogP contribution in [0.3, 0.4) is 0 Å². The number of methoxy groups -OCH3 is 2. The van der Waals surface area contributed by atoms with Crippen LogP contribution in [0.25, 0.3) is 16.8 Å². The van der Waals surface area contributed by atoms with Crippen LogP contribution < -0.4 is 10.1 Å². The molecule has 0 bridgehead atoms. The van der Waals surface area contributed by atoms with E-state index in [1.165, 1.54) is 0 Å². The second-order valence-electron chi connectivity index (χ2n) is 11.8. The normalized spacial score (nSPS) is 20.1. The Morgan fingerprint density at radius 2 is 1.87 bits per heavy atom. The molecule has 1 N–H and O–H groups in total. The number of hydrogen-bond donors (Lipinski definition) is 1. The number of ether oxygens (including phenoxy) is 2. The third-order valence-corrected chi connectivity index (χ3v) is 7.92. The zero-order valence-corrected chi connectivity index (χ0v) is 24.6. The maximum absolute atomic E-state index is 14.0. The van der Waals surface area contributed by atoms with Crippen molar-refractivity contribution in [2.24, 2.45) is 5.41 Å². The number of rotatable bonds is 12. The van der Waals surface area contributed by atoms with Crippen LogP contribution >= 0.6 is 0 Å². The van der Waals surface area contributed by atoms with Gasteiger partial charge in [0.05, 0.1) is 13.7 Å². The number of amides is 2. The maximum Gasteiger partial charge on any atom is 0.246 e. The highest BCUT2D eigenvalue weighted by Gasteiger charge is 2.48. The van der Waals surface area contributed by atoms with Crippen molar-refractivity contribution in [1.29, 1.82) is 0 Å². The van der Waals surface area contributed by atoms with Crippen LogP contribution in [0.1, 0.15) is 77.3 Å². The van der Waals surface area contributed by atoms with Crippen molar-refractivity contribution in [2.75, 3.05) is 20.8 Å². The minimum absolute atomic E-state index is 0.0478. The topological polar surface area (TPSA) is 67.9 Å². The van der Waals surface area contributed by atoms with Crippen molar-refractivity contribution in [1.82, 2.24) is 10.2 Å². The second kappa shape index (κ2) is 12.8. The summed E-state index contributed by atoms with van der Waals surface area (Å²) in [6.45, 7) is 16.1. The first-order chi connectivity index (χ1) is 18.5. The molecule has 0 aliphatic carbocycles. The summed E-state index contributed by atoms with van der Waals surface area (Å²) in [7, 11) is 3.37. The number of nitrogens with one attached hydrogen (secondary N) is 1. The molecule has 3 rings (SSSR count). The molecule has 0 aromatic heterocycles. The molecule has 2 aromatic rings. The van der Waals surface area contributed by atoms with Crippen LogP contribution in [0.2, 0.25) is 0 Å². The molecule has 1 heterocycles. The van der Waals surface area contributed by atoms with Crippen LogP contribution in [-0.2, 0) is 19.9 Å². The van der Waals surface area contributed by atoms with Crippen LogP contribution in [0.15, 0.2) is 49.6 Å². The standard InChI is InChI=1S/C33H46N2O4/c1-9-11-12-13-14-15-29(36)34-30(32(4,5)6)31(37)35-22-33(39-8,21-23(35)3)27-17-16-25-20-28(38-7)24(10-2)18-26(25)19-27/h9-10,16-20,23,30H,1-2,11-15,21-22H2,3-8H3,(H,34,36)/t23-,30-,33+/m1/s1. The van der Waals surface area contributed by atoms with Crippen LogP contribution in [0, 0.1) is 5.41 Å². The van der Waals surface area contributed by atoms with E-state index in [2.05, 4.69) is 49.7 Å². The van der Waals surface area contributed by atoms with E-state index in [9.17, 15) is 9.59 Å². The second-order valence-corrected chi connectivity index (χ2v) is 11.8. The number of carbonyl (C=O) groups is 2. The first-order valence-corrected chi connectivity index (χ1v) is 14.0. The van der Waals surface area contributed by atoms with E-state index in [-0.39, 0.29) is 17.9 Å². The zero-order valence-electron chi connectivity index (χ0n) is 24.6. The number of allylic oxidation sites excluding steroid dienone is 1. The van der Waals surface area contributed by atoms with E-state index < -0.39 is 17.1 Å². The minimum atomic E-state index is -0.644. The number of nitrogens with zero attached hydrogens (tertiary/aromatic N) is 1. The number of carbonyl (C=O) groups excluding carboxylic acids is 2. The van der Waals surface area contributed by atoms with Crippen LogP contribution in [0.4, 0.5) is 0 Å². The molecule has 6 nitrogen and oxygen atoms in total. The van der Waals surface area contributed by atoms with Crippen molar-refractivity contribution in [3.8, 4) is 5.75 Å². The summed E-state index contributed by atoms with van der Waals surface area (Å²) in [5.74, 6) is 0.646. The smallest absolute Gasteiger partial charge is 0.246 e. The van der Waals surface area contributed by atoms with Gasteiger partial charge in [0.1, 0.15) is 17.4 Å². The molecule has 0 radical (unpaired) electrons. The third-order valence-electron chi connectivity index (χ3n) is 7.92. The van der Waals surface area contributed by atoms with E-state index >= 15 is 0 Å². The Labute approximate surface area is 234 Å². The number of hydrogen-bond acceptors (Lipinski definition) is 4. The Bertz CT molecular complexity index is 1200. The maximum atomic E-state index is 14.0. The minimum Gasteiger partial charge on any atom is -0.496 e. The van der Waals surface area contributed by atoms with Gasteiger partial charge >= 0.3 is 0 Å². The first-order valence-electron chi connectivity index (χ1n) is 14.0. The molecule has 1 aliphatic heterocycles. The van der Waals surface area contributed by atoms with Gasteiger partial charge in [-0.25, -0.2) is 0 Å².